The SMILES string of the molecule is C=C1C=C2C(=CC1=O)C(C)(C)CC21CC(C)(C)C2=CC(=O)C(=O)C=C21. The summed E-state index contributed by atoms with van der Waals surface area (Å²) < 4.78 is 0. The van der Waals surface area contributed by atoms with Crippen LogP contribution < -0.4 is 0 Å². The van der Waals surface area contributed by atoms with E-state index in [4.69, 9.17) is 0 Å². The summed E-state index contributed by atoms with van der Waals surface area (Å²) in [6, 6.07) is 0. The number of fused-ring (bicyclic) bond motifs is 4. The fourth-order valence-electron chi connectivity index (χ4n) is 5.38. The maximum atomic E-state index is 12.2. The first-order valence-corrected chi connectivity index (χ1v) is 8.69. The first kappa shape index (κ1) is 16.2. The van der Waals surface area contributed by atoms with Crippen molar-refractivity contribution in [3.63, 3.8) is 0 Å². The summed E-state index contributed by atoms with van der Waals surface area (Å²) in [5, 5.41) is 0. The van der Waals surface area contributed by atoms with Crippen LogP contribution in [0.4, 0.5) is 0 Å². The van der Waals surface area contributed by atoms with Crippen molar-refractivity contribution in [3.8, 4) is 0 Å². The molecule has 4 aliphatic carbocycles. The molecule has 0 aliphatic heterocycles. The predicted molar refractivity (Wildman–Crippen MR) is 95.7 cm³/mol. The summed E-state index contributed by atoms with van der Waals surface area (Å²) in [7, 11) is 0. The molecule has 0 saturated heterocycles. The zero-order chi connectivity index (χ0) is 18.4. The third-order valence-electron chi connectivity index (χ3n) is 6.26. The summed E-state index contributed by atoms with van der Waals surface area (Å²) in [5.41, 5.74) is 3.88. The Labute approximate surface area is 147 Å². The molecular weight excluding hydrogens is 312 g/mol. The van der Waals surface area contributed by atoms with E-state index in [1.807, 2.05) is 6.08 Å². The van der Waals surface area contributed by atoms with Gasteiger partial charge in [0.25, 0.3) is 0 Å². The Bertz CT molecular complexity index is 837. The molecule has 3 nitrogen and oxygen atoms in total. The van der Waals surface area contributed by atoms with E-state index < -0.39 is 11.6 Å². The van der Waals surface area contributed by atoms with Crippen molar-refractivity contribution in [1.29, 1.82) is 0 Å². The highest BCUT2D eigenvalue weighted by Gasteiger charge is 2.61. The van der Waals surface area contributed by atoms with E-state index in [1.165, 1.54) is 6.08 Å². The number of rotatable bonds is 0. The van der Waals surface area contributed by atoms with Crippen LogP contribution in [0.1, 0.15) is 40.5 Å². The van der Waals surface area contributed by atoms with Gasteiger partial charge in [-0.15, -0.1) is 0 Å². The highest BCUT2D eigenvalue weighted by Crippen LogP contribution is 2.70. The molecule has 4 rings (SSSR count). The second kappa shape index (κ2) is 4.46. The van der Waals surface area contributed by atoms with Crippen LogP contribution in [0.15, 0.2) is 58.7 Å². The quantitative estimate of drug-likeness (QED) is 0.384. The monoisotopic (exact) mass is 334 g/mol. The maximum absolute atomic E-state index is 12.2. The van der Waals surface area contributed by atoms with E-state index in [2.05, 4.69) is 34.3 Å². The second-order valence-corrected chi connectivity index (χ2v) is 9.05. The fraction of sp³-hybridized carbons (Fsp3) is 0.409. The van der Waals surface area contributed by atoms with Gasteiger partial charge in [0, 0.05) is 11.0 Å². The van der Waals surface area contributed by atoms with Crippen molar-refractivity contribution in [2.45, 2.75) is 40.5 Å². The van der Waals surface area contributed by atoms with Crippen LogP contribution in [0, 0.1) is 16.2 Å². The minimum atomic E-state index is -0.447. The molecular formula is C22H22O3. The van der Waals surface area contributed by atoms with Gasteiger partial charge in [-0.25, -0.2) is 0 Å². The molecule has 128 valence electrons. The first-order chi connectivity index (χ1) is 11.5. The van der Waals surface area contributed by atoms with Crippen molar-refractivity contribution < 1.29 is 14.4 Å². The summed E-state index contributed by atoms with van der Waals surface area (Å²) >= 11 is 0. The summed E-state index contributed by atoms with van der Waals surface area (Å²) in [6.07, 6.45) is 8.36. The zero-order valence-electron chi connectivity index (χ0n) is 15.2. The molecule has 1 atom stereocenters. The molecule has 2 fully saturated rings. The Morgan fingerprint density at radius 1 is 0.680 bits per heavy atom. The van der Waals surface area contributed by atoms with E-state index in [9.17, 15) is 14.4 Å². The van der Waals surface area contributed by atoms with Crippen molar-refractivity contribution in [2.24, 2.45) is 16.2 Å². The molecule has 0 heterocycles. The van der Waals surface area contributed by atoms with Crippen LogP contribution in [0.25, 0.3) is 0 Å². The Morgan fingerprint density at radius 2 is 1.08 bits per heavy atom. The lowest BCUT2D eigenvalue weighted by Crippen LogP contribution is -2.23. The summed E-state index contributed by atoms with van der Waals surface area (Å²) in [6.45, 7) is 12.4. The Kier molecular flexibility index (Phi) is 2.89. The first-order valence-electron chi connectivity index (χ1n) is 8.69. The van der Waals surface area contributed by atoms with E-state index in [0.717, 1.165) is 35.1 Å². The van der Waals surface area contributed by atoms with Crippen LogP contribution in [0.5, 0.6) is 0 Å². The van der Waals surface area contributed by atoms with E-state index in [-0.39, 0.29) is 22.0 Å². The number of allylic oxidation sites excluding steroid dienone is 9. The van der Waals surface area contributed by atoms with Crippen LogP contribution >= 0.6 is 0 Å². The molecule has 1 unspecified atom stereocenters. The molecule has 0 aromatic heterocycles. The molecule has 3 heteroatoms. The number of hydrogen-bond acceptors (Lipinski definition) is 3. The lowest BCUT2D eigenvalue weighted by molar-refractivity contribution is -0.131. The van der Waals surface area contributed by atoms with Gasteiger partial charge in [-0.2, -0.15) is 0 Å². The van der Waals surface area contributed by atoms with E-state index in [1.54, 1.807) is 12.2 Å². The zero-order valence-corrected chi connectivity index (χ0v) is 15.2. The topological polar surface area (TPSA) is 51.2 Å². The molecule has 4 aliphatic rings. The average Bonchev–Trinajstić information content (AvgIpc) is 2.82. The van der Waals surface area contributed by atoms with Crippen LogP contribution in [-0.2, 0) is 14.4 Å². The summed E-state index contributed by atoms with van der Waals surface area (Å²) in [4.78, 5) is 36.3. The lowest BCUT2D eigenvalue weighted by atomic mass is 9.72. The smallest absolute Gasteiger partial charge is 0.226 e. The lowest BCUT2D eigenvalue weighted by Gasteiger charge is -2.30. The molecule has 0 aromatic carbocycles. The average molecular weight is 334 g/mol. The molecule has 0 aromatic rings. The number of carbonyl (C=O) groups is 3. The molecule has 1 spiro atoms. The van der Waals surface area contributed by atoms with Crippen LogP contribution in [-0.4, -0.2) is 17.3 Å². The molecule has 0 amide bonds. The van der Waals surface area contributed by atoms with Gasteiger partial charge in [-0.1, -0.05) is 34.3 Å². The Hall–Kier alpha value is -2.29. The van der Waals surface area contributed by atoms with Crippen molar-refractivity contribution in [1.82, 2.24) is 0 Å². The second-order valence-electron chi connectivity index (χ2n) is 9.05. The van der Waals surface area contributed by atoms with Gasteiger partial charge in [-0.05, 0) is 70.3 Å². The van der Waals surface area contributed by atoms with Gasteiger partial charge >= 0.3 is 0 Å². The molecule has 25 heavy (non-hydrogen) atoms. The largest absolute Gasteiger partial charge is 0.289 e. The van der Waals surface area contributed by atoms with E-state index in [0.29, 0.717) is 5.57 Å². The number of ketones is 3. The molecule has 0 bridgehead atoms. The highest BCUT2D eigenvalue weighted by molar-refractivity contribution is 6.47. The van der Waals surface area contributed by atoms with Gasteiger partial charge < -0.3 is 0 Å². The predicted octanol–water partition coefficient (Wildman–Crippen LogP) is 3.83. The van der Waals surface area contributed by atoms with Gasteiger partial charge in [0.05, 0.1) is 0 Å². The highest BCUT2D eigenvalue weighted by atomic mass is 16.2. The molecule has 0 N–H and O–H groups in total. The minimum absolute atomic E-state index is 0.0409. The van der Waals surface area contributed by atoms with Crippen molar-refractivity contribution in [2.75, 3.05) is 0 Å². The van der Waals surface area contributed by atoms with Gasteiger partial charge in [0.2, 0.25) is 11.6 Å². The van der Waals surface area contributed by atoms with Crippen LogP contribution in [0.2, 0.25) is 0 Å². The van der Waals surface area contributed by atoms with Crippen molar-refractivity contribution >= 4 is 17.3 Å². The maximum Gasteiger partial charge on any atom is 0.226 e. The Morgan fingerprint density at radius 3 is 1.60 bits per heavy atom. The normalized spacial score (nSPS) is 32.2. The van der Waals surface area contributed by atoms with E-state index >= 15 is 0 Å². The fourth-order valence-corrected chi connectivity index (χ4v) is 5.38. The van der Waals surface area contributed by atoms with Crippen LogP contribution in [0.3, 0.4) is 0 Å². The summed E-state index contributed by atoms with van der Waals surface area (Å²) in [5.74, 6) is -0.924. The third kappa shape index (κ3) is 1.95. The standard InChI is InChI=1S/C22H22O3/c1-12-6-15-13(7-17(12)23)20(2,3)10-22(15)11-21(4,5)14-8-18(24)19(25)9-16(14)22/h6-9H,1,10-11H2,2-5H3. The van der Waals surface area contributed by atoms with Gasteiger partial charge in [0.15, 0.2) is 5.78 Å². The Balaban J connectivity index is 2.00. The number of hydrogen-bond donors (Lipinski definition) is 0. The molecule has 2 saturated carbocycles. The van der Waals surface area contributed by atoms with Gasteiger partial charge in [0.1, 0.15) is 0 Å². The number of carbonyl (C=O) groups excluding carboxylic acids is 3. The van der Waals surface area contributed by atoms with Crippen molar-refractivity contribution in [3.05, 3.63) is 58.7 Å². The third-order valence-corrected chi connectivity index (χ3v) is 6.26. The van der Waals surface area contributed by atoms with Gasteiger partial charge in [-0.3, -0.25) is 14.4 Å². The minimum Gasteiger partial charge on any atom is -0.289 e. The molecule has 0 radical (unpaired) electrons.